The molecule has 0 fully saturated rings. The molecule has 0 aromatic heterocycles. The van der Waals surface area contributed by atoms with Crippen LogP contribution in [0.3, 0.4) is 0 Å². The average Bonchev–Trinajstić information content (AvgIpc) is 2.07. The highest BCUT2D eigenvalue weighted by Crippen LogP contribution is 2.22. The molecule has 3 heteroatoms. The summed E-state index contributed by atoms with van der Waals surface area (Å²) in [4.78, 5) is 0. The van der Waals surface area contributed by atoms with Crippen molar-refractivity contribution in [2.24, 2.45) is 0 Å². The molecule has 0 N–H and O–H groups in total. The largest absolute Gasteiger partial charge is 0.492 e. The third-order valence-corrected chi connectivity index (χ3v) is 2.30. The third-order valence-electron chi connectivity index (χ3n) is 1.48. The molecule has 0 radical (unpaired) electrons. The van der Waals surface area contributed by atoms with Crippen LogP contribution in [-0.4, -0.2) is 11.9 Å². The van der Waals surface area contributed by atoms with Crippen LogP contribution in [0.1, 0.15) is 5.56 Å². The number of ether oxygens (including phenoxy) is 1. The van der Waals surface area contributed by atoms with E-state index in [1.165, 1.54) is 5.56 Å². The molecule has 66 valence electrons. The van der Waals surface area contributed by atoms with Gasteiger partial charge in [0.15, 0.2) is 0 Å². The van der Waals surface area contributed by atoms with E-state index in [1.807, 2.05) is 25.1 Å². The monoisotopic (exact) mass is 292 g/mol. The molecule has 0 unspecified atom stereocenters. The molecule has 0 heterocycles. The van der Waals surface area contributed by atoms with Gasteiger partial charge in [-0.2, -0.15) is 0 Å². The zero-order chi connectivity index (χ0) is 8.97. The van der Waals surface area contributed by atoms with E-state index in [0.717, 1.165) is 15.6 Å². The van der Waals surface area contributed by atoms with Gasteiger partial charge < -0.3 is 4.74 Å². The standard InChI is InChI=1S/C9H10Br2O/c1-7-2-3-8(11)6-9(7)12-5-4-10/h2-3,6H,4-5H2,1H3. The molecule has 1 rings (SSSR count). The lowest BCUT2D eigenvalue weighted by atomic mass is 10.2. The normalized spacial score (nSPS) is 9.92. The Balaban J connectivity index is 2.75. The van der Waals surface area contributed by atoms with Gasteiger partial charge in [-0.1, -0.05) is 37.9 Å². The van der Waals surface area contributed by atoms with Crippen molar-refractivity contribution in [2.75, 3.05) is 11.9 Å². The van der Waals surface area contributed by atoms with Crippen LogP contribution in [0, 0.1) is 6.92 Å². The zero-order valence-electron chi connectivity index (χ0n) is 6.81. The second kappa shape index (κ2) is 4.87. The molecule has 1 aromatic rings. The Kier molecular flexibility index (Phi) is 4.09. The molecule has 0 aliphatic carbocycles. The molecule has 0 bridgehead atoms. The SMILES string of the molecule is Cc1ccc(Br)cc1OCCBr. The van der Waals surface area contributed by atoms with E-state index in [-0.39, 0.29) is 0 Å². The Morgan fingerprint density at radius 2 is 2.17 bits per heavy atom. The van der Waals surface area contributed by atoms with Gasteiger partial charge in [-0.15, -0.1) is 0 Å². The number of aryl methyl sites for hydroxylation is 1. The van der Waals surface area contributed by atoms with Crippen molar-refractivity contribution >= 4 is 31.9 Å². The molecular formula is C9H10Br2O. The molecule has 0 amide bonds. The van der Waals surface area contributed by atoms with Crippen molar-refractivity contribution in [3.63, 3.8) is 0 Å². The topological polar surface area (TPSA) is 9.23 Å². The lowest BCUT2D eigenvalue weighted by Gasteiger charge is -2.07. The lowest BCUT2D eigenvalue weighted by Crippen LogP contribution is -1.98. The van der Waals surface area contributed by atoms with Crippen molar-refractivity contribution in [3.8, 4) is 5.75 Å². The highest BCUT2D eigenvalue weighted by molar-refractivity contribution is 9.10. The van der Waals surface area contributed by atoms with Gasteiger partial charge in [0.1, 0.15) is 5.75 Å². The first-order chi connectivity index (χ1) is 5.74. The van der Waals surface area contributed by atoms with E-state index in [4.69, 9.17) is 4.74 Å². The van der Waals surface area contributed by atoms with E-state index in [2.05, 4.69) is 31.9 Å². The summed E-state index contributed by atoms with van der Waals surface area (Å²) in [5.41, 5.74) is 1.17. The minimum atomic E-state index is 0.706. The Morgan fingerprint density at radius 1 is 1.42 bits per heavy atom. The molecule has 12 heavy (non-hydrogen) atoms. The Morgan fingerprint density at radius 3 is 2.83 bits per heavy atom. The minimum absolute atomic E-state index is 0.706. The van der Waals surface area contributed by atoms with E-state index in [0.29, 0.717) is 6.61 Å². The molecule has 0 spiro atoms. The van der Waals surface area contributed by atoms with Gasteiger partial charge in [0.25, 0.3) is 0 Å². The van der Waals surface area contributed by atoms with Gasteiger partial charge in [0.2, 0.25) is 0 Å². The summed E-state index contributed by atoms with van der Waals surface area (Å²) in [6.07, 6.45) is 0. The van der Waals surface area contributed by atoms with Crippen LogP contribution in [0.15, 0.2) is 22.7 Å². The van der Waals surface area contributed by atoms with E-state index < -0.39 is 0 Å². The fourth-order valence-corrected chi connectivity index (χ4v) is 1.38. The van der Waals surface area contributed by atoms with E-state index >= 15 is 0 Å². The Hall–Kier alpha value is -0.0200. The molecule has 0 atom stereocenters. The molecule has 0 saturated heterocycles. The van der Waals surface area contributed by atoms with Gasteiger partial charge in [0, 0.05) is 9.80 Å². The number of benzene rings is 1. The summed E-state index contributed by atoms with van der Waals surface area (Å²) in [6.45, 7) is 2.74. The van der Waals surface area contributed by atoms with Crippen molar-refractivity contribution in [3.05, 3.63) is 28.2 Å². The second-order valence-corrected chi connectivity index (χ2v) is 4.16. The van der Waals surface area contributed by atoms with Crippen molar-refractivity contribution in [1.29, 1.82) is 0 Å². The van der Waals surface area contributed by atoms with Crippen molar-refractivity contribution in [2.45, 2.75) is 6.92 Å². The number of rotatable bonds is 3. The van der Waals surface area contributed by atoms with Crippen molar-refractivity contribution < 1.29 is 4.74 Å². The molecular weight excluding hydrogens is 284 g/mol. The maximum absolute atomic E-state index is 5.49. The van der Waals surface area contributed by atoms with Crippen LogP contribution in [0.2, 0.25) is 0 Å². The van der Waals surface area contributed by atoms with Crippen LogP contribution >= 0.6 is 31.9 Å². The first kappa shape index (κ1) is 10.1. The van der Waals surface area contributed by atoms with E-state index in [9.17, 15) is 0 Å². The number of hydrogen-bond acceptors (Lipinski definition) is 1. The summed E-state index contributed by atoms with van der Waals surface area (Å²) in [7, 11) is 0. The highest BCUT2D eigenvalue weighted by Gasteiger charge is 1.98. The molecule has 0 aliphatic rings. The number of alkyl halides is 1. The van der Waals surface area contributed by atoms with Gasteiger partial charge in [-0.05, 0) is 24.6 Å². The molecule has 1 nitrogen and oxygen atoms in total. The lowest BCUT2D eigenvalue weighted by molar-refractivity contribution is 0.342. The maximum Gasteiger partial charge on any atom is 0.123 e. The highest BCUT2D eigenvalue weighted by atomic mass is 79.9. The first-order valence-electron chi connectivity index (χ1n) is 3.69. The predicted octanol–water partition coefficient (Wildman–Crippen LogP) is 3.53. The predicted molar refractivity (Wildman–Crippen MR) is 58.2 cm³/mol. The molecule has 0 aliphatic heterocycles. The van der Waals surface area contributed by atoms with Crippen LogP contribution in [0.5, 0.6) is 5.75 Å². The smallest absolute Gasteiger partial charge is 0.123 e. The quantitative estimate of drug-likeness (QED) is 0.775. The molecule has 1 aromatic carbocycles. The summed E-state index contributed by atoms with van der Waals surface area (Å²) in [5.74, 6) is 0.948. The van der Waals surface area contributed by atoms with Gasteiger partial charge in [-0.3, -0.25) is 0 Å². The van der Waals surface area contributed by atoms with Crippen LogP contribution < -0.4 is 4.74 Å². The van der Waals surface area contributed by atoms with Gasteiger partial charge in [0.05, 0.1) is 6.61 Å². The first-order valence-corrected chi connectivity index (χ1v) is 5.60. The second-order valence-electron chi connectivity index (χ2n) is 2.45. The summed E-state index contributed by atoms with van der Waals surface area (Å²) in [5, 5.41) is 0.860. The van der Waals surface area contributed by atoms with E-state index in [1.54, 1.807) is 0 Å². The summed E-state index contributed by atoms with van der Waals surface area (Å²) >= 11 is 6.71. The van der Waals surface area contributed by atoms with Crippen molar-refractivity contribution in [1.82, 2.24) is 0 Å². The fourth-order valence-electron chi connectivity index (χ4n) is 0.878. The minimum Gasteiger partial charge on any atom is -0.492 e. The van der Waals surface area contributed by atoms with Gasteiger partial charge >= 0.3 is 0 Å². The van der Waals surface area contributed by atoms with Crippen LogP contribution in [-0.2, 0) is 0 Å². The van der Waals surface area contributed by atoms with Crippen LogP contribution in [0.25, 0.3) is 0 Å². The zero-order valence-corrected chi connectivity index (χ0v) is 9.98. The number of hydrogen-bond donors (Lipinski definition) is 0. The summed E-state index contributed by atoms with van der Waals surface area (Å²) in [6, 6.07) is 6.03. The van der Waals surface area contributed by atoms with Crippen LogP contribution in [0.4, 0.5) is 0 Å². The van der Waals surface area contributed by atoms with Gasteiger partial charge in [-0.25, -0.2) is 0 Å². The summed E-state index contributed by atoms with van der Waals surface area (Å²) < 4.78 is 6.54. The molecule has 0 saturated carbocycles. The number of halogens is 2. The average molecular weight is 294 g/mol. The third kappa shape index (κ3) is 2.79. The Labute approximate surface area is 89.4 Å². The fraction of sp³-hybridized carbons (Fsp3) is 0.333. The maximum atomic E-state index is 5.49. The Bertz CT molecular complexity index is 261.